The first-order chi connectivity index (χ1) is 6.31. The summed E-state index contributed by atoms with van der Waals surface area (Å²) < 4.78 is 12.9. The van der Waals surface area contributed by atoms with E-state index < -0.39 is 0 Å². The van der Waals surface area contributed by atoms with Crippen molar-refractivity contribution in [3.05, 3.63) is 30.1 Å². The van der Waals surface area contributed by atoms with E-state index in [1.165, 1.54) is 12.1 Å². The van der Waals surface area contributed by atoms with Crippen LogP contribution in [0.5, 0.6) is 0 Å². The number of hydroxylamine groups is 1. The van der Waals surface area contributed by atoms with Gasteiger partial charge in [-0.15, -0.1) is 0 Å². The molecule has 1 aromatic carbocycles. The summed E-state index contributed by atoms with van der Waals surface area (Å²) in [5, 5.41) is 1.77. The SMILES string of the molecule is CON(c1cccc(F)c1)C1CC1. The summed E-state index contributed by atoms with van der Waals surface area (Å²) in [7, 11) is 1.61. The molecule has 0 spiro atoms. The van der Waals surface area contributed by atoms with E-state index in [0.29, 0.717) is 6.04 Å². The molecule has 0 aromatic heterocycles. The summed E-state index contributed by atoms with van der Waals surface area (Å²) >= 11 is 0. The van der Waals surface area contributed by atoms with Crippen LogP contribution in [0.3, 0.4) is 0 Å². The van der Waals surface area contributed by atoms with Gasteiger partial charge >= 0.3 is 0 Å². The summed E-state index contributed by atoms with van der Waals surface area (Å²) in [6.45, 7) is 0. The van der Waals surface area contributed by atoms with Gasteiger partial charge in [-0.25, -0.2) is 4.39 Å². The van der Waals surface area contributed by atoms with E-state index in [1.54, 1.807) is 18.2 Å². The zero-order chi connectivity index (χ0) is 9.26. The number of hydrogen-bond donors (Lipinski definition) is 0. The molecule has 0 radical (unpaired) electrons. The molecule has 1 saturated carbocycles. The highest BCUT2D eigenvalue weighted by Crippen LogP contribution is 2.31. The first kappa shape index (κ1) is 8.51. The van der Waals surface area contributed by atoms with Crippen LogP contribution in [0.1, 0.15) is 12.8 Å². The van der Waals surface area contributed by atoms with Gasteiger partial charge in [0.15, 0.2) is 0 Å². The van der Waals surface area contributed by atoms with Crippen molar-refractivity contribution < 1.29 is 9.23 Å². The monoisotopic (exact) mass is 181 g/mol. The molecule has 2 nitrogen and oxygen atoms in total. The summed E-state index contributed by atoms with van der Waals surface area (Å²) in [4.78, 5) is 5.18. The Morgan fingerprint density at radius 2 is 2.23 bits per heavy atom. The predicted molar refractivity (Wildman–Crippen MR) is 48.9 cm³/mol. The fraction of sp³-hybridized carbons (Fsp3) is 0.400. The van der Waals surface area contributed by atoms with Crippen molar-refractivity contribution in [1.82, 2.24) is 0 Å². The van der Waals surface area contributed by atoms with Crippen molar-refractivity contribution in [2.75, 3.05) is 12.2 Å². The van der Waals surface area contributed by atoms with Crippen LogP contribution in [0.25, 0.3) is 0 Å². The van der Waals surface area contributed by atoms with Crippen molar-refractivity contribution in [2.45, 2.75) is 18.9 Å². The molecule has 0 aliphatic heterocycles. The lowest BCUT2D eigenvalue weighted by Crippen LogP contribution is -2.23. The van der Waals surface area contributed by atoms with Gasteiger partial charge < -0.3 is 0 Å². The highest BCUT2D eigenvalue weighted by Gasteiger charge is 2.29. The molecule has 1 fully saturated rings. The van der Waals surface area contributed by atoms with Crippen LogP contribution in [0.4, 0.5) is 10.1 Å². The highest BCUT2D eigenvalue weighted by atomic mass is 19.1. The third kappa shape index (κ3) is 1.80. The molecule has 0 bridgehead atoms. The molecule has 2 rings (SSSR count). The number of nitrogens with zero attached hydrogens (tertiary/aromatic N) is 1. The standard InChI is InChI=1S/C10H12FNO/c1-13-12(9-5-6-9)10-4-2-3-8(11)7-10/h2-4,7,9H,5-6H2,1H3. The third-order valence-corrected chi connectivity index (χ3v) is 2.14. The van der Waals surface area contributed by atoms with Gasteiger partial charge in [0.05, 0.1) is 18.8 Å². The van der Waals surface area contributed by atoms with E-state index in [2.05, 4.69) is 0 Å². The lowest BCUT2D eigenvalue weighted by Gasteiger charge is -2.21. The maximum atomic E-state index is 12.9. The normalized spacial score (nSPS) is 15.8. The summed E-state index contributed by atoms with van der Waals surface area (Å²) in [6.07, 6.45) is 2.26. The van der Waals surface area contributed by atoms with Crippen LogP contribution >= 0.6 is 0 Å². The van der Waals surface area contributed by atoms with Crippen molar-refractivity contribution in [2.24, 2.45) is 0 Å². The summed E-state index contributed by atoms with van der Waals surface area (Å²) in [5.41, 5.74) is 0.796. The Balaban J connectivity index is 2.21. The molecule has 13 heavy (non-hydrogen) atoms. The zero-order valence-electron chi connectivity index (χ0n) is 7.53. The van der Waals surface area contributed by atoms with Crippen LogP contribution in [-0.2, 0) is 4.84 Å². The first-order valence-electron chi connectivity index (χ1n) is 4.40. The van der Waals surface area contributed by atoms with E-state index in [0.717, 1.165) is 18.5 Å². The van der Waals surface area contributed by atoms with Gasteiger partial charge in [0.25, 0.3) is 0 Å². The van der Waals surface area contributed by atoms with Gasteiger partial charge in [-0.2, -0.15) is 0 Å². The van der Waals surface area contributed by atoms with Crippen LogP contribution in [-0.4, -0.2) is 13.2 Å². The van der Waals surface area contributed by atoms with Gasteiger partial charge in [-0.3, -0.25) is 9.90 Å². The molecule has 0 amide bonds. The Morgan fingerprint density at radius 3 is 2.77 bits per heavy atom. The largest absolute Gasteiger partial charge is 0.277 e. The third-order valence-electron chi connectivity index (χ3n) is 2.14. The molecule has 1 aliphatic rings. The lowest BCUT2D eigenvalue weighted by atomic mass is 10.3. The second-order valence-electron chi connectivity index (χ2n) is 3.22. The molecule has 0 atom stereocenters. The Kier molecular flexibility index (Phi) is 2.19. The van der Waals surface area contributed by atoms with Gasteiger partial charge in [-0.05, 0) is 31.0 Å². The fourth-order valence-corrected chi connectivity index (χ4v) is 1.39. The molecule has 1 aromatic rings. The van der Waals surface area contributed by atoms with Crippen LogP contribution in [0.2, 0.25) is 0 Å². The van der Waals surface area contributed by atoms with Crippen molar-refractivity contribution >= 4 is 5.69 Å². The average Bonchev–Trinajstić information content (AvgIpc) is 2.90. The Bertz CT molecular complexity index is 299. The van der Waals surface area contributed by atoms with E-state index in [1.807, 2.05) is 6.07 Å². The minimum absolute atomic E-state index is 0.222. The molecular formula is C10H12FNO. The molecule has 70 valence electrons. The average molecular weight is 181 g/mol. The zero-order valence-corrected chi connectivity index (χ0v) is 7.53. The van der Waals surface area contributed by atoms with E-state index in [9.17, 15) is 4.39 Å². The number of anilines is 1. The van der Waals surface area contributed by atoms with Crippen LogP contribution in [0.15, 0.2) is 24.3 Å². The minimum atomic E-state index is -0.222. The summed E-state index contributed by atoms with van der Waals surface area (Å²) in [5.74, 6) is -0.222. The molecular weight excluding hydrogens is 169 g/mol. The Morgan fingerprint density at radius 1 is 1.46 bits per heavy atom. The molecule has 0 unspecified atom stereocenters. The van der Waals surface area contributed by atoms with Crippen molar-refractivity contribution in [1.29, 1.82) is 0 Å². The molecule has 0 saturated heterocycles. The maximum Gasteiger partial charge on any atom is 0.125 e. The second-order valence-corrected chi connectivity index (χ2v) is 3.22. The predicted octanol–water partition coefficient (Wildman–Crippen LogP) is 2.36. The second kappa shape index (κ2) is 3.34. The number of benzene rings is 1. The Labute approximate surface area is 76.9 Å². The molecule has 0 N–H and O–H groups in total. The topological polar surface area (TPSA) is 12.5 Å². The van der Waals surface area contributed by atoms with E-state index >= 15 is 0 Å². The lowest BCUT2D eigenvalue weighted by molar-refractivity contribution is 0.162. The summed E-state index contributed by atoms with van der Waals surface area (Å²) in [6, 6.07) is 6.91. The molecule has 3 heteroatoms. The molecule has 1 aliphatic carbocycles. The molecule has 0 heterocycles. The Hall–Kier alpha value is -1.09. The number of halogens is 1. The van der Waals surface area contributed by atoms with Crippen molar-refractivity contribution in [3.63, 3.8) is 0 Å². The van der Waals surface area contributed by atoms with E-state index in [4.69, 9.17) is 4.84 Å². The number of rotatable bonds is 3. The van der Waals surface area contributed by atoms with Gasteiger partial charge in [-0.1, -0.05) is 6.07 Å². The van der Waals surface area contributed by atoms with Crippen LogP contribution < -0.4 is 5.06 Å². The van der Waals surface area contributed by atoms with Crippen LogP contribution in [0, 0.1) is 5.82 Å². The quantitative estimate of drug-likeness (QED) is 0.664. The fourth-order valence-electron chi connectivity index (χ4n) is 1.39. The first-order valence-corrected chi connectivity index (χ1v) is 4.40. The van der Waals surface area contributed by atoms with Gasteiger partial charge in [0, 0.05) is 0 Å². The number of hydrogen-bond acceptors (Lipinski definition) is 2. The minimum Gasteiger partial charge on any atom is -0.277 e. The van der Waals surface area contributed by atoms with Gasteiger partial charge in [0.2, 0.25) is 0 Å². The smallest absolute Gasteiger partial charge is 0.125 e. The maximum absolute atomic E-state index is 12.9. The van der Waals surface area contributed by atoms with E-state index in [-0.39, 0.29) is 5.82 Å². The highest BCUT2D eigenvalue weighted by molar-refractivity contribution is 5.45. The van der Waals surface area contributed by atoms with Crippen molar-refractivity contribution in [3.8, 4) is 0 Å². The van der Waals surface area contributed by atoms with Gasteiger partial charge in [0.1, 0.15) is 5.82 Å².